The lowest BCUT2D eigenvalue weighted by molar-refractivity contribution is -0.183. The van der Waals surface area contributed by atoms with Crippen LogP contribution in [0.15, 0.2) is 0 Å². The molecule has 0 radical (unpaired) electrons. The molecule has 0 aromatic carbocycles. The maximum absolute atomic E-state index is 12.8. The fourth-order valence-electron chi connectivity index (χ4n) is 3.51. The van der Waals surface area contributed by atoms with Crippen LogP contribution < -0.4 is 5.32 Å². The van der Waals surface area contributed by atoms with Crippen LogP contribution >= 0.6 is 0 Å². The predicted molar refractivity (Wildman–Crippen MR) is 78.3 cm³/mol. The summed E-state index contributed by atoms with van der Waals surface area (Å²) in [4.78, 5) is 4.71. The van der Waals surface area contributed by atoms with Crippen LogP contribution in [0, 0.1) is 5.92 Å². The number of hydrogen-bond donors (Lipinski definition) is 1. The third-order valence-corrected chi connectivity index (χ3v) is 4.79. The average molecular weight is 307 g/mol. The van der Waals surface area contributed by atoms with Gasteiger partial charge in [0.05, 0.1) is 5.92 Å². The van der Waals surface area contributed by atoms with Gasteiger partial charge in [0, 0.05) is 44.8 Å². The topological polar surface area (TPSA) is 18.5 Å². The zero-order chi connectivity index (χ0) is 15.5. The van der Waals surface area contributed by atoms with Crippen molar-refractivity contribution in [3.8, 4) is 0 Å². The fraction of sp³-hybridized carbons (Fsp3) is 1.00. The van der Waals surface area contributed by atoms with E-state index in [1.165, 1.54) is 0 Å². The van der Waals surface area contributed by atoms with E-state index in [2.05, 4.69) is 29.1 Å². The van der Waals surface area contributed by atoms with Crippen molar-refractivity contribution in [2.75, 3.05) is 39.8 Å². The molecule has 21 heavy (non-hydrogen) atoms. The van der Waals surface area contributed by atoms with Crippen LogP contribution in [0.25, 0.3) is 0 Å². The highest BCUT2D eigenvalue weighted by atomic mass is 19.4. The summed E-state index contributed by atoms with van der Waals surface area (Å²) in [5, 5.41) is 3.42. The fourth-order valence-corrected chi connectivity index (χ4v) is 3.51. The van der Waals surface area contributed by atoms with Crippen LogP contribution in [-0.4, -0.2) is 67.8 Å². The lowest BCUT2D eigenvalue weighted by Gasteiger charge is -2.36. The average Bonchev–Trinajstić information content (AvgIpc) is 2.41. The minimum absolute atomic E-state index is 0.0211. The molecule has 1 aliphatic carbocycles. The van der Waals surface area contributed by atoms with Gasteiger partial charge in [-0.15, -0.1) is 0 Å². The highest BCUT2D eigenvalue weighted by molar-refractivity contribution is 4.84. The predicted octanol–water partition coefficient (Wildman–Crippen LogP) is 2.33. The Bertz CT molecular complexity index is 314. The monoisotopic (exact) mass is 307 g/mol. The lowest BCUT2D eigenvalue weighted by Crippen LogP contribution is -2.51. The van der Waals surface area contributed by atoms with E-state index in [0.29, 0.717) is 12.8 Å². The first-order valence-electron chi connectivity index (χ1n) is 8.08. The van der Waals surface area contributed by atoms with Gasteiger partial charge in [-0.25, -0.2) is 0 Å². The number of rotatable bonds is 4. The Morgan fingerprint density at radius 2 is 1.81 bits per heavy atom. The van der Waals surface area contributed by atoms with Gasteiger partial charge in [0.25, 0.3) is 0 Å². The molecular weight excluding hydrogens is 279 g/mol. The standard InChI is InChI=1S/C15H28F3N3/c1-12(11-21-8-6-20(2)7-9-21)19-14-5-3-4-13(10-14)15(16,17)18/h12-14,19H,3-11H2,1-2H3/t12-,13-,14-/m1/s1. The van der Waals surface area contributed by atoms with E-state index in [0.717, 1.165) is 39.1 Å². The molecule has 6 heteroatoms. The molecule has 0 bridgehead atoms. The van der Waals surface area contributed by atoms with E-state index in [4.69, 9.17) is 0 Å². The molecule has 0 spiro atoms. The number of alkyl halides is 3. The van der Waals surface area contributed by atoms with Gasteiger partial charge in [0.15, 0.2) is 0 Å². The summed E-state index contributed by atoms with van der Waals surface area (Å²) in [5.74, 6) is -1.11. The Hall–Kier alpha value is -0.330. The van der Waals surface area contributed by atoms with Crippen LogP contribution in [0.4, 0.5) is 13.2 Å². The van der Waals surface area contributed by atoms with Crippen molar-refractivity contribution in [1.82, 2.24) is 15.1 Å². The van der Waals surface area contributed by atoms with E-state index in [-0.39, 0.29) is 18.5 Å². The summed E-state index contributed by atoms with van der Waals surface area (Å²) in [7, 11) is 2.12. The van der Waals surface area contributed by atoms with Crippen molar-refractivity contribution in [3.63, 3.8) is 0 Å². The molecule has 1 heterocycles. The third kappa shape index (κ3) is 5.42. The van der Waals surface area contributed by atoms with Gasteiger partial charge in [-0.1, -0.05) is 6.42 Å². The van der Waals surface area contributed by atoms with Crippen LogP contribution in [0.3, 0.4) is 0 Å². The maximum atomic E-state index is 12.8. The van der Waals surface area contributed by atoms with E-state index in [1.807, 2.05) is 0 Å². The third-order valence-electron chi connectivity index (χ3n) is 4.79. The number of halogens is 3. The second-order valence-corrected chi connectivity index (χ2v) is 6.77. The molecule has 1 N–H and O–H groups in total. The van der Waals surface area contributed by atoms with Gasteiger partial charge in [-0.2, -0.15) is 13.2 Å². The number of likely N-dealkylation sites (N-methyl/N-ethyl adjacent to an activating group) is 1. The molecule has 2 aliphatic rings. The highest BCUT2D eigenvalue weighted by Crippen LogP contribution is 2.37. The second-order valence-electron chi connectivity index (χ2n) is 6.77. The van der Waals surface area contributed by atoms with Gasteiger partial charge in [-0.3, -0.25) is 4.90 Å². The van der Waals surface area contributed by atoms with Crippen molar-refractivity contribution in [2.45, 2.75) is 50.9 Å². The Balaban J connectivity index is 1.73. The first-order valence-corrected chi connectivity index (χ1v) is 8.08. The highest BCUT2D eigenvalue weighted by Gasteiger charge is 2.42. The zero-order valence-electron chi connectivity index (χ0n) is 13.1. The smallest absolute Gasteiger partial charge is 0.310 e. The first kappa shape index (κ1) is 17.0. The van der Waals surface area contributed by atoms with E-state index in [9.17, 15) is 13.2 Å². The number of piperazine rings is 1. The van der Waals surface area contributed by atoms with Gasteiger partial charge in [-0.05, 0) is 33.2 Å². The lowest BCUT2D eigenvalue weighted by atomic mass is 9.85. The van der Waals surface area contributed by atoms with E-state index >= 15 is 0 Å². The maximum Gasteiger partial charge on any atom is 0.391 e. The summed E-state index contributed by atoms with van der Waals surface area (Å²) in [6, 6.07) is 0.276. The van der Waals surface area contributed by atoms with Crippen molar-refractivity contribution in [3.05, 3.63) is 0 Å². The summed E-state index contributed by atoms with van der Waals surface area (Å²) < 4.78 is 38.5. The molecule has 0 unspecified atom stereocenters. The SMILES string of the molecule is C[C@H](CN1CCN(C)CC1)N[C@@H]1CCC[C@@H](C(F)(F)F)C1. The molecule has 1 aliphatic heterocycles. The summed E-state index contributed by atoms with van der Waals surface area (Å²) in [5.41, 5.74) is 0. The van der Waals surface area contributed by atoms with E-state index < -0.39 is 12.1 Å². The molecule has 3 nitrogen and oxygen atoms in total. The quantitative estimate of drug-likeness (QED) is 0.860. The van der Waals surface area contributed by atoms with Crippen LogP contribution in [0.2, 0.25) is 0 Å². The molecule has 2 fully saturated rings. The van der Waals surface area contributed by atoms with Crippen LogP contribution in [0.5, 0.6) is 0 Å². The van der Waals surface area contributed by atoms with Crippen molar-refractivity contribution in [2.24, 2.45) is 5.92 Å². The minimum atomic E-state index is -4.03. The molecule has 0 amide bonds. The summed E-state index contributed by atoms with van der Waals surface area (Å²) >= 11 is 0. The Morgan fingerprint density at radius 3 is 2.43 bits per heavy atom. The molecule has 1 saturated heterocycles. The van der Waals surface area contributed by atoms with Crippen molar-refractivity contribution in [1.29, 1.82) is 0 Å². The molecule has 0 aromatic heterocycles. The molecule has 1 saturated carbocycles. The molecular formula is C15H28F3N3. The minimum Gasteiger partial charge on any atom is -0.310 e. The molecule has 3 atom stereocenters. The Kier molecular flexibility index (Phi) is 5.91. The molecule has 0 aromatic rings. The van der Waals surface area contributed by atoms with Gasteiger partial charge < -0.3 is 10.2 Å². The zero-order valence-corrected chi connectivity index (χ0v) is 13.1. The number of hydrogen-bond acceptors (Lipinski definition) is 3. The molecule has 2 rings (SSSR count). The van der Waals surface area contributed by atoms with Crippen molar-refractivity contribution >= 4 is 0 Å². The van der Waals surface area contributed by atoms with Gasteiger partial charge >= 0.3 is 6.18 Å². The summed E-state index contributed by atoms with van der Waals surface area (Å²) in [6.45, 7) is 7.28. The van der Waals surface area contributed by atoms with E-state index in [1.54, 1.807) is 0 Å². The van der Waals surface area contributed by atoms with Gasteiger partial charge in [0.2, 0.25) is 0 Å². The van der Waals surface area contributed by atoms with Gasteiger partial charge in [0.1, 0.15) is 0 Å². The summed E-state index contributed by atoms with van der Waals surface area (Å²) in [6.07, 6.45) is -1.92. The Morgan fingerprint density at radius 1 is 1.14 bits per heavy atom. The van der Waals surface area contributed by atoms with Crippen LogP contribution in [-0.2, 0) is 0 Å². The largest absolute Gasteiger partial charge is 0.391 e. The second kappa shape index (κ2) is 7.29. The number of nitrogens with zero attached hydrogens (tertiary/aromatic N) is 2. The van der Waals surface area contributed by atoms with Crippen LogP contribution in [0.1, 0.15) is 32.6 Å². The van der Waals surface area contributed by atoms with Crippen molar-refractivity contribution < 1.29 is 13.2 Å². The Labute approximate surface area is 125 Å². The first-order chi connectivity index (χ1) is 9.84. The normalized spacial score (nSPS) is 31.3. The number of nitrogens with one attached hydrogen (secondary N) is 1. The molecule has 124 valence electrons.